The number of halogens is 1. The first-order valence-electron chi connectivity index (χ1n) is 4.74. The third-order valence-electron chi connectivity index (χ3n) is 2.23. The molecule has 0 saturated heterocycles. The lowest BCUT2D eigenvalue weighted by Crippen LogP contribution is -2.30. The molecular weight excluding hydrogens is 197 g/mol. The average Bonchev–Trinajstić information content (AvgIpc) is 2.27. The SMILES string of the molecule is CCC(N)C(=O)c1cccc(OC)c1F. The van der Waals surface area contributed by atoms with Gasteiger partial charge in [-0.1, -0.05) is 13.0 Å². The van der Waals surface area contributed by atoms with Gasteiger partial charge in [0.05, 0.1) is 18.7 Å². The van der Waals surface area contributed by atoms with Crippen molar-refractivity contribution < 1.29 is 13.9 Å². The number of benzene rings is 1. The van der Waals surface area contributed by atoms with Crippen LogP contribution >= 0.6 is 0 Å². The minimum absolute atomic E-state index is 0.0105. The zero-order valence-electron chi connectivity index (χ0n) is 8.79. The van der Waals surface area contributed by atoms with Gasteiger partial charge in [-0.05, 0) is 18.6 Å². The Kier molecular flexibility index (Phi) is 3.80. The van der Waals surface area contributed by atoms with E-state index in [2.05, 4.69) is 0 Å². The number of methoxy groups -OCH3 is 1. The molecule has 4 heteroatoms. The van der Waals surface area contributed by atoms with Crippen molar-refractivity contribution in [3.05, 3.63) is 29.6 Å². The molecule has 0 saturated carbocycles. The molecule has 2 N–H and O–H groups in total. The van der Waals surface area contributed by atoms with Gasteiger partial charge in [-0.3, -0.25) is 4.79 Å². The van der Waals surface area contributed by atoms with Crippen molar-refractivity contribution in [1.82, 2.24) is 0 Å². The summed E-state index contributed by atoms with van der Waals surface area (Å²) in [6.45, 7) is 1.78. The highest BCUT2D eigenvalue weighted by atomic mass is 19.1. The summed E-state index contributed by atoms with van der Waals surface area (Å²) in [6, 6.07) is 3.78. The van der Waals surface area contributed by atoms with Crippen molar-refractivity contribution in [3.63, 3.8) is 0 Å². The monoisotopic (exact) mass is 211 g/mol. The predicted octanol–water partition coefficient (Wildman–Crippen LogP) is 1.75. The van der Waals surface area contributed by atoms with E-state index >= 15 is 0 Å². The summed E-state index contributed by atoms with van der Waals surface area (Å²) in [4.78, 5) is 11.6. The van der Waals surface area contributed by atoms with Crippen LogP contribution in [0.25, 0.3) is 0 Å². The van der Waals surface area contributed by atoms with Crippen LogP contribution in [0.3, 0.4) is 0 Å². The van der Waals surface area contributed by atoms with Gasteiger partial charge >= 0.3 is 0 Å². The maximum absolute atomic E-state index is 13.6. The van der Waals surface area contributed by atoms with Gasteiger partial charge in [-0.2, -0.15) is 0 Å². The summed E-state index contributed by atoms with van der Waals surface area (Å²) < 4.78 is 18.4. The summed E-state index contributed by atoms with van der Waals surface area (Å²) in [5.74, 6) is -0.980. The fraction of sp³-hybridized carbons (Fsp3) is 0.364. The Balaban J connectivity index is 3.09. The number of carbonyl (C=O) groups is 1. The van der Waals surface area contributed by atoms with Crippen LogP contribution in [0.1, 0.15) is 23.7 Å². The lowest BCUT2D eigenvalue weighted by molar-refractivity contribution is 0.0954. The Morgan fingerprint density at radius 1 is 1.60 bits per heavy atom. The predicted molar refractivity (Wildman–Crippen MR) is 55.5 cm³/mol. The number of hydrogen-bond donors (Lipinski definition) is 1. The van der Waals surface area contributed by atoms with Gasteiger partial charge in [0.1, 0.15) is 0 Å². The van der Waals surface area contributed by atoms with E-state index in [1.165, 1.54) is 19.2 Å². The van der Waals surface area contributed by atoms with Crippen LogP contribution in [0.4, 0.5) is 4.39 Å². The minimum Gasteiger partial charge on any atom is -0.494 e. The number of carbonyl (C=O) groups excluding carboxylic acids is 1. The molecule has 0 aliphatic rings. The Bertz CT molecular complexity index is 366. The Labute approximate surface area is 88.0 Å². The van der Waals surface area contributed by atoms with E-state index in [0.29, 0.717) is 6.42 Å². The van der Waals surface area contributed by atoms with Crippen LogP contribution in [0.15, 0.2) is 18.2 Å². The maximum atomic E-state index is 13.6. The van der Waals surface area contributed by atoms with Crippen molar-refractivity contribution in [1.29, 1.82) is 0 Å². The molecule has 15 heavy (non-hydrogen) atoms. The van der Waals surface area contributed by atoms with Gasteiger partial charge in [0, 0.05) is 0 Å². The standard InChI is InChI=1S/C11H14FNO2/c1-3-8(13)11(14)7-5-4-6-9(15-2)10(7)12/h4-6,8H,3,13H2,1-2H3. The van der Waals surface area contributed by atoms with E-state index in [9.17, 15) is 9.18 Å². The Morgan fingerprint density at radius 3 is 2.80 bits per heavy atom. The minimum atomic E-state index is -0.661. The molecule has 1 rings (SSSR count). The fourth-order valence-electron chi connectivity index (χ4n) is 1.24. The maximum Gasteiger partial charge on any atom is 0.182 e. The number of Topliss-reactive ketones (excluding diaryl/α,β-unsaturated/α-hetero) is 1. The van der Waals surface area contributed by atoms with Crippen molar-refractivity contribution in [2.24, 2.45) is 5.73 Å². The number of ketones is 1. The quantitative estimate of drug-likeness (QED) is 0.772. The van der Waals surface area contributed by atoms with E-state index < -0.39 is 17.6 Å². The molecule has 0 aromatic heterocycles. The average molecular weight is 211 g/mol. The molecule has 0 heterocycles. The number of nitrogens with two attached hydrogens (primary N) is 1. The molecule has 0 amide bonds. The summed E-state index contributed by atoms with van der Waals surface area (Å²) in [5.41, 5.74) is 5.54. The number of hydrogen-bond acceptors (Lipinski definition) is 3. The lowest BCUT2D eigenvalue weighted by Gasteiger charge is -2.10. The highest BCUT2D eigenvalue weighted by Crippen LogP contribution is 2.21. The smallest absolute Gasteiger partial charge is 0.182 e. The Hall–Kier alpha value is -1.42. The van der Waals surface area contributed by atoms with Crippen LogP contribution in [0.2, 0.25) is 0 Å². The van der Waals surface area contributed by atoms with Gasteiger partial charge in [0.25, 0.3) is 0 Å². The molecule has 1 aromatic carbocycles. The first-order chi connectivity index (χ1) is 7.11. The van der Waals surface area contributed by atoms with Crippen LogP contribution in [-0.2, 0) is 0 Å². The van der Waals surface area contributed by atoms with Crippen LogP contribution < -0.4 is 10.5 Å². The van der Waals surface area contributed by atoms with Crippen molar-refractivity contribution in [2.45, 2.75) is 19.4 Å². The molecule has 0 radical (unpaired) electrons. The van der Waals surface area contributed by atoms with Gasteiger partial charge in [-0.25, -0.2) is 4.39 Å². The molecule has 0 bridgehead atoms. The van der Waals surface area contributed by atoms with E-state index in [0.717, 1.165) is 0 Å². The molecule has 0 spiro atoms. The second kappa shape index (κ2) is 4.89. The van der Waals surface area contributed by atoms with Crippen LogP contribution in [0, 0.1) is 5.82 Å². The highest BCUT2D eigenvalue weighted by molar-refractivity contribution is 6.00. The number of rotatable bonds is 4. The van der Waals surface area contributed by atoms with E-state index in [-0.39, 0.29) is 11.3 Å². The largest absolute Gasteiger partial charge is 0.494 e. The van der Waals surface area contributed by atoms with Gasteiger partial charge in [0.15, 0.2) is 17.3 Å². The first-order valence-corrected chi connectivity index (χ1v) is 4.74. The van der Waals surface area contributed by atoms with E-state index in [1.807, 2.05) is 0 Å². The second-order valence-electron chi connectivity index (χ2n) is 3.20. The molecule has 1 aromatic rings. The zero-order chi connectivity index (χ0) is 11.4. The van der Waals surface area contributed by atoms with Crippen LogP contribution in [-0.4, -0.2) is 18.9 Å². The zero-order valence-corrected chi connectivity index (χ0v) is 8.79. The van der Waals surface area contributed by atoms with Gasteiger partial charge in [0.2, 0.25) is 0 Å². The summed E-state index contributed by atoms with van der Waals surface area (Å²) in [7, 11) is 1.35. The lowest BCUT2D eigenvalue weighted by atomic mass is 10.0. The first kappa shape index (κ1) is 11.7. The summed E-state index contributed by atoms with van der Waals surface area (Å²) in [6.07, 6.45) is 0.482. The topological polar surface area (TPSA) is 52.3 Å². The molecule has 3 nitrogen and oxygen atoms in total. The van der Waals surface area contributed by atoms with Crippen LogP contribution in [0.5, 0.6) is 5.75 Å². The fourth-order valence-corrected chi connectivity index (χ4v) is 1.24. The molecule has 0 fully saturated rings. The highest BCUT2D eigenvalue weighted by Gasteiger charge is 2.19. The molecule has 1 atom stereocenters. The normalized spacial score (nSPS) is 12.3. The molecule has 1 unspecified atom stereocenters. The third kappa shape index (κ3) is 2.33. The third-order valence-corrected chi connectivity index (χ3v) is 2.23. The summed E-state index contributed by atoms with van der Waals surface area (Å²) in [5, 5.41) is 0. The van der Waals surface area contributed by atoms with Gasteiger partial charge in [-0.15, -0.1) is 0 Å². The molecule has 0 aliphatic heterocycles. The van der Waals surface area contributed by atoms with Crippen molar-refractivity contribution in [2.75, 3.05) is 7.11 Å². The molecule has 0 aliphatic carbocycles. The Morgan fingerprint density at radius 2 is 2.27 bits per heavy atom. The van der Waals surface area contributed by atoms with Crippen molar-refractivity contribution in [3.8, 4) is 5.75 Å². The summed E-state index contributed by atoms with van der Waals surface area (Å²) >= 11 is 0. The second-order valence-corrected chi connectivity index (χ2v) is 3.20. The van der Waals surface area contributed by atoms with E-state index in [4.69, 9.17) is 10.5 Å². The number of ether oxygens (including phenoxy) is 1. The van der Waals surface area contributed by atoms with Crippen molar-refractivity contribution >= 4 is 5.78 Å². The molecular formula is C11H14FNO2. The van der Waals surface area contributed by atoms with E-state index in [1.54, 1.807) is 13.0 Å². The van der Waals surface area contributed by atoms with Gasteiger partial charge < -0.3 is 10.5 Å². The molecule has 82 valence electrons.